The van der Waals surface area contributed by atoms with Crippen LogP contribution in [0.3, 0.4) is 0 Å². The van der Waals surface area contributed by atoms with E-state index in [-0.39, 0.29) is 11.3 Å². The van der Waals surface area contributed by atoms with Crippen molar-refractivity contribution >= 4 is 5.78 Å². The van der Waals surface area contributed by atoms with Crippen molar-refractivity contribution < 1.29 is 18.3 Å². The molecule has 0 amide bonds. The highest BCUT2D eigenvalue weighted by Crippen LogP contribution is 2.22. The largest absolute Gasteiger partial charge is 0.493 e. The zero-order valence-electron chi connectivity index (χ0n) is 10.5. The number of methoxy groups -OCH3 is 1. The van der Waals surface area contributed by atoms with Gasteiger partial charge in [0.15, 0.2) is 23.1 Å². The van der Waals surface area contributed by atoms with Crippen molar-refractivity contribution in [2.75, 3.05) is 7.11 Å². The number of carbonyl (C=O) groups excluding carboxylic acids is 1. The SMILES string of the molecule is CCn1ncc(OC)c1C(=O)c1ccc(F)c(F)c1. The van der Waals surface area contributed by atoms with Crippen molar-refractivity contribution in [2.45, 2.75) is 13.5 Å². The molecule has 0 bridgehead atoms. The molecule has 2 aromatic rings. The number of halogens is 2. The zero-order valence-corrected chi connectivity index (χ0v) is 10.5. The number of hydrogen-bond donors (Lipinski definition) is 0. The smallest absolute Gasteiger partial charge is 0.214 e. The van der Waals surface area contributed by atoms with Crippen LogP contribution in [0.25, 0.3) is 0 Å². The average molecular weight is 266 g/mol. The van der Waals surface area contributed by atoms with E-state index in [2.05, 4.69) is 5.10 Å². The lowest BCUT2D eigenvalue weighted by Crippen LogP contribution is -2.12. The van der Waals surface area contributed by atoms with E-state index in [4.69, 9.17) is 4.74 Å². The van der Waals surface area contributed by atoms with E-state index in [9.17, 15) is 13.6 Å². The van der Waals surface area contributed by atoms with Gasteiger partial charge in [0.1, 0.15) is 0 Å². The summed E-state index contributed by atoms with van der Waals surface area (Å²) in [5.74, 6) is -2.22. The van der Waals surface area contributed by atoms with Gasteiger partial charge in [-0.25, -0.2) is 8.78 Å². The van der Waals surface area contributed by atoms with E-state index in [1.807, 2.05) is 6.92 Å². The molecular weight excluding hydrogens is 254 g/mol. The van der Waals surface area contributed by atoms with Gasteiger partial charge in [0.25, 0.3) is 0 Å². The molecule has 2 rings (SSSR count). The van der Waals surface area contributed by atoms with Crippen LogP contribution in [0.5, 0.6) is 5.75 Å². The van der Waals surface area contributed by atoms with E-state index >= 15 is 0 Å². The lowest BCUT2D eigenvalue weighted by molar-refractivity contribution is 0.102. The lowest BCUT2D eigenvalue weighted by atomic mass is 10.1. The monoisotopic (exact) mass is 266 g/mol. The van der Waals surface area contributed by atoms with Gasteiger partial charge >= 0.3 is 0 Å². The second kappa shape index (κ2) is 5.17. The number of hydrogen-bond acceptors (Lipinski definition) is 3. The minimum absolute atomic E-state index is 0.0485. The molecule has 0 saturated carbocycles. The molecule has 0 spiro atoms. The van der Waals surface area contributed by atoms with Crippen LogP contribution in [-0.2, 0) is 6.54 Å². The van der Waals surface area contributed by atoms with E-state index in [1.165, 1.54) is 24.1 Å². The maximum absolute atomic E-state index is 13.2. The molecule has 0 unspecified atom stereocenters. The molecular formula is C13H12F2N2O2. The minimum atomic E-state index is -1.06. The Balaban J connectivity index is 2.49. The Bertz CT molecular complexity index is 602. The van der Waals surface area contributed by atoms with E-state index in [1.54, 1.807) is 0 Å². The first-order valence-corrected chi connectivity index (χ1v) is 5.68. The summed E-state index contributed by atoms with van der Waals surface area (Å²) in [6.07, 6.45) is 1.41. The third kappa shape index (κ3) is 2.33. The molecule has 0 N–H and O–H groups in total. The number of rotatable bonds is 4. The second-order valence-corrected chi connectivity index (χ2v) is 3.84. The van der Waals surface area contributed by atoms with Crippen LogP contribution in [0.4, 0.5) is 8.78 Å². The number of aryl methyl sites for hydroxylation is 1. The molecule has 1 heterocycles. The summed E-state index contributed by atoms with van der Waals surface area (Å²) in [5.41, 5.74) is 0.267. The highest BCUT2D eigenvalue weighted by molar-refractivity contribution is 6.09. The van der Waals surface area contributed by atoms with Gasteiger partial charge in [-0.3, -0.25) is 9.48 Å². The third-order valence-corrected chi connectivity index (χ3v) is 2.72. The van der Waals surface area contributed by atoms with Crippen LogP contribution in [0.15, 0.2) is 24.4 Å². The second-order valence-electron chi connectivity index (χ2n) is 3.84. The minimum Gasteiger partial charge on any atom is -0.493 e. The van der Waals surface area contributed by atoms with E-state index in [0.717, 1.165) is 12.1 Å². The molecule has 19 heavy (non-hydrogen) atoms. The zero-order chi connectivity index (χ0) is 14.0. The summed E-state index contributed by atoms with van der Waals surface area (Å²) in [7, 11) is 1.42. The Hall–Kier alpha value is -2.24. The predicted molar refractivity (Wildman–Crippen MR) is 64.2 cm³/mol. The van der Waals surface area contributed by atoms with Gasteiger partial charge in [0.05, 0.1) is 13.3 Å². The quantitative estimate of drug-likeness (QED) is 0.798. The van der Waals surface area contributed by atoms with Crippen LogP contribution in [0.2, 0.25) is 0 Å². The van der Waals surface area contributed by atoms with Gasteiger partial charge in [-0.15, -0.1) is 0 Å². The van der Waals surface area contributed by atoms with Crippen LogP contribution in [0.1, 0.15) is 23.0 Å². The van der Waals surface area contributed by atoms with Crippen LogP contribution in [0, 0.1) is 11.6 Å². The third-order valence-electron chi connectivity index (χ3n) is 2.72. The standard InChI is InChI=1S/C13H12F2N2O2/c1-3-17-12(11(19-2)7-16-17)13(18)8-4-5-9(14)10(15)6-8/h4-7H,3H2,1-2H3. The van der Waals surface area contributed by atoms with Gasteiger partial charge in [-0.2, -0.15) is 5.10 Å². The van der Waals surface area contributed by atoms with Crippen LogP contribution < -0.4 is 4.74 Å². The van der Waals surface area contributed by atoms with Gasteiger partial charge in [0, 0.05) is 12.1 Å². The Kier molecular flexibility index (Phi) is 3.59. The molecule has 0 atom stereocenters. The van der Waals surface area contributed by atoms with Gasteiger partial charge < -0.3 is 4.74 Å². The fourth-order valence-corrected chi connectivity index (χ4v) is 1.76. The first-order chi connectivity index (χ1) is 9.08. The fourth-order valence-electron chi connectivity index (χ4n) is 1.76. The number of aromatic nitrogens is 2. The molecule has 1 aromatic carbocycles. The van der Waals surface area contributed by atoms with E-state index < -0.39 is 17.4 Å². The fraction of sp³-hybridized carbons (Fsp3) is 0.231. The molecule has 0 saturated heterocycles. The highest BCUT2D eigenvalue weighted by Gasteiger charge is 2.21. The number of benzene rings is 1. The van der Waals surface area contributed by atoms with Crippen molar-refractivity contribution in [1.29, 1.82) is 0 Å². The summed E-state index contributed by atoms with van der Waals surface area (Å²) in [6, 6.07) is 3.01. The molecule has 0 radical (unpaired) electrons. The Morgan fingerprint density at radius 2 is 2.11 bits per heavy atom. The van der Waals surface area contributed by atoms with Crippen molar-refractivity contribution in [1.82, 2.24) is 9.78 Å². The molecule has 6 heteroatoms. The highest BCUT2D eigenvalue weighted by atomic mass is 19.2. The molecule has 0 aliphatic rings. The van der Waals surface area contributed by atoms with Gasteiger partial charge in [-0.1, -0.05) is 0 Å². The van der Waals surface area contributed by atoms with Crippen LogP contribution >= 0.6 is 0 Å². The Morgan fingerprint density at radius 1 is 1.37 bits per heavy atom. The Labute approximate surface area is 108 Å². The first kappa shape index (κ1) is 13.2. The number of ether oxygens (including phenoxy) is 1. The number of carbonyl (C=O) groups is 1. The maximum Gasteiger partial charge on any atom is 0.214 e. The summed E-state index contributed by atoms with van der Waals surface area (Å²) < 4.78 is 32.5. The molecule has 1 aromatic heterocycles. The number of ketones is 1. The summed E-state index contributed by atoms with van der Waals surface area (Å²) >= 11 is 0. The molecule has 4 nitrogen and oxygen atoms in total. The molecule has 0 fully saturated rings. The van der Waals surface area contributed by atoms with Gasteiger partial charge in [-0.05, 0) is 25.1 Å². The van der Waals surface area contributed by atoms with E-state index in [0.29, 0.717) is 12.3 Å². The summed E-state index contributed by atoms with van der Waals surface area (Å²) in [4.78, 5) is 12.3. The van der Waals surface area contributed by atoms with Crippen molar-refractivity contribution in [3.8, 4) is 5.75 Å². The average Bonchev–Trinajstić information content (AvgIpc) is 2.83. The summed E-state index contributed by atoms with van der Waals surface area (Å²) in [5, 5.41) is 4.00. The van der Waals surface area contributed by atoms with Crippen molar-refractivity contribution in [2.24, 2.45) is 0 Å². The lowest BCUT2D eigenvalue weighted by Gasteiger charge is -2.06. The molecule has 0 aliphatic carbocycles. The van der Waals surface area contributed by atoms with Gasteiger partial charge in [0.2, 0.25) is 5.78 Å². The van der Waals surface area contributed by atoms with Crippen molar-refractivity contribution in [3.05, 3.63) is 47.3 Å². The number of nitrogens with zero attached hydrogens (tertiary/aromatic N) is 2. The topological polar surface area (TPSA) is 44.1 Å². The maximum atomic E-state index is 13.2. The predicted octanol–water partition coefficient (Wildman–Crippen LogP) is 2.42. The Morgan fingerprint density at radius 3 is 2.68 bits per heavy atom. The van der Waals surface area contributed by atoms with Crippen LogP contribution in [-0.4, -0.2) is 22.7 Å². The normalized spacial score (nSPS) is 10.5. The molecule has 100 valence electrons. The molecule has 0 aliphatic heterocycles. The summed E-state index contributed by atoms with van der Waals surface area (Å²) in [6.45, 7) is 2.28. The van der Waals surface area contributed by atoms with Crippen molar-refractivity contribution in [3.63, 3.8) is 0 Å². The first-order valence-electron chi connectivity index (χ1n) is 5.68.